The van der Waals surface area contributed by atoms with Crippen LogP contribution in [0.2, 0.25) is 0 Å². The topological polar surface area (TPSA) is 55.6 Å². The SMILES string of the molecule is COCCN(C(=O)CC1(N)CCCCC1)C(C)C1CC1. The van der Waals surface area contributed by atoms with Gasteiger partial charge < -0.3 is 15.4 Å². The van der Waals surface area contributed by atoms with E-state index in [0.717, 1.165) is 12.8 Å². The van der Waals surface area contributed by atoms with Crippen molar-refractivity contribution in [2.24, 2.45) is 11.7 Å². The van der Waals surface area contributed by atoms with Crippen LogP contribution in [0.15, 0.2) is 0 Å². The van der Waals surface area contributed by atoms with Gasteiger partial charge in [-0.1, -0.05) is 19.3 Å². The monoisotopic (exact) mass is 282 g/mol. The van der Waals surface area contributed by atoms with E-state index in [4.69, 9.17) is 10.5 Å². The van der Waals surface area contributed by atoms with E-state index < -0.39 is 0 Å². The van der Waals surface area contributed by atoms with E-state index in [1.807, 2.05) is 4.90 Å². The third kappa shape index (κ3) is 4.19. The lowest BCUT2D eigenvalue weighted by atomic mass is 9.80. The van der Waals surface area contributed by atoms with Crippen LogP contribution in [-0.4, -0.2) is 42.6 Å². The Balaban J connectivity index is 1.93. The second kappa shape index (κ2) is 6.90. The maximum atomic E-state index is 12.7. The van der Waals surface area contributed by atoms with Crippen molar-refractivity contribution in [2.75, 3.05) is 20.3 Å². The van der Waals surface area contributed by atoms with Crippen LogP contribution in [0.3, 0.4) is 0 Å². The van der Waals surface area contributed by atoms with Gasteiger partial charge in [0.25, 0.3) is 0 Å². The number of rotatable bonds is 7. The summed E-state index contributed by atoms with van der Waals surface area (Å²) in [5.74, 6) is 0.918. The molecule has 0 bridgehead atoms. The Hall–Kier alpha value is -0.610. The van der Waals surface area contributed by atoms with Crippen LogP contribution in [0.4, 0.5) is 0 Å². The van der Waals surface area contributed by atoms with Gasteiger partial charge in [0.05, 0.1) is 6.61 Å². The lowest BCUT2D eigenvalue weighted by Crippen LogP contribution is -2.50. The minimum absolute atomic E-state index is 0.228. The predicted octanol–water partition coefficient (Wildman–Crippen LogP) is 2.31. The number of hydrogen-bond acceptors (Lipinski definition) is 3. The van der Waals surface area contributed by atoms with Crippen molar-refractivity contribution >= 4 is 5.91 Å². The molecule has 4 heteroatoms. The molecule has 1 atom stereocenters. The molecule has 0 aromatic heterocycles. The molecule has 0 spiro atoms. The molecule has 0 aromatic rings. The number of methoxy groups -OCH3 is 1. The number of ether oxygens (including phenoxy) is 1. The van der Waals surface area contributed by atoms with Gasteiger partial charge in [-0.25, -0.2) is 0 Å². The molecule has 1 unspecified atom stereocenters. The molecule has 4 nitrogen and oxygen atoms in total. The highest BCUT2D eigenvalue weighted by Gasteiger charge is 2.37. The predicted molar refractivity (Wildman–Crippen MR) is 80.4 cm³/mol. The first-order chi connectivity index (χ1) is 9.56. The molecular weight excluding hydrogens is 252 g/mol. The van der Waals surface area contributed by atoms with Crippen LogP contribution in [0.25, 0.3) is 0 Å². The third-order valence-electron chi connectivity index (χ3n) is 5.01. The molecule has 0 saturated heterocycles. The number of nitrogens with zero attached hydrogens (tertiary/aromatic N) is 1. The van der Waals surface area contributed by atoms with Crippen LogP contribution >= 0.6 is 0 Å². The normalized spacial score (nSPS) is 23.4. The molecule has 2 fully saturated rings. The van der Waals surface area contributed by atoms with Gasteiger partial charge >= 0.3 is 0 Å². The minimum Gasteiger partial charge on any atom is -0.383 e. The number of carbonyl (C=O) groups is 1. The lowest BCUT2D eigenvalue weighted by molar-refractivity contribution is -0.136. The maximum absolute atomic E-state index is 12.7. The quantitative estimate of drug-likeness (QED) is 0.779. The molecule has 2 aliphatic carbocycles. The zero-order valence-corrected chi connectivity index (χ0v) is 13.1. The Kier molecular flexibility index (Phi) is 5.44. The first-order valence-corrected chi connectivity index (χ1v) is 8.13. The highest BCUT2D eigenvalue weighted by atomic mass is 16.5. The van der Waals surface area contributed by atoms with E-state index in [2.05, 4.69) is 6.92 Å². The Labute approximate surface area is 123 Å². The summed E-state index contributed by atoms with van der Waals surface area (Å²) in [6.07, 6.45) is 8.60. The summed E-state index contributed by atoms with van der Waals surface area (Å²) in [4.78, 5) is 14.7. The summed E-state index contributed by atoms with van der Waals surface area (Å²) in [5.41, 5.74) is 6.18. The van der Waals surface area contributed by atoms with Gasteiger partial charge in [0.15, 0.2) is 0 Å². The number of amides is 1. The molecule has 2 aliphatic rings. The second-order valence-electron chi connectivity index (χ2n) is 6.76. The fourth-order valence-electron chi connectivity index (χ4n) is 3.41. The molecule has 2 saturated carbocycles. The van der Waals surface area contributed by atoms with E-state index in [9.17, 15) is 4.79 Å². The minimum atomic E-state index is -0.260. The van der Waals surface area contributed by atoms with Crippen molar-refractivity contribution in [1.29, 1.82) is 0 Å². The molecule has 1 amide bonds. The van der Waals surface area contributed by atoms with Gasteiger partial charge in [-0.2, -0.15) is 0 Å². The van der Waals surface area contributed by atoms with Crippen molar-refractivity contribution in [2.45, 2.75) is 69.9 Å². The third-order valence-corrected chi connectivity index (χ3v) is 5.01. The van der Waals surface area contributed by atoms with E-state index in [1.165, 1.54) is 32.1 Å². The average molecular weight is 282 g/mol. The molecule has 0 heterocycles. The molecule has 2 rings (SSSR count). The molecule has 0 aliphatic heterocycles. The van der Waals surface area contributed by atoms with Crippen molar-refractivity contribution in [3.05, 3.63) is 0 Å². The Morgan fingerprint density at radius 2 is 2.00 bits per heavy atom. The zero-order chi connectivity index (χ0) is 14.6. The van der Waals surface area contributed by atoms with Crippen LogP contribution in [0.1, 0.15) is 58.3 Å². The largest absolute Gasteiger partial charge is 0.383 e. The van der Waals surface area contributed by atoms with Crippen LogP contribution < -0.4 is 5.73 Å². The standard InChI is InChI=1S/C16H30N2O2/c1-13(14-6-7-14)18(10-11-20-2)15(19)12-16(17)8-4-3-5-9-16/h13-14H,3-12,17H2,1-2H3. The molecular formula is C16H30N2O2. The Bertz CT molecular complexity index is 322. The van der Waals surface area contributed by atoms with E-state index >= 15 is 0 Å². The summed E-state index contributed by atoms with van der Waals surface area (Å²) in [6, 6.07) is 0.338. The Morgan fingerprint density at radius 1 is 1.35 bits per heavy atom. The summed E-state index contributed by atoms with van der Waals surface area (Å²) in [7, 11) is 1.69. The summed E-state index contributed by atoms with van der Waals surface area (Å²) >= 11 is 0. The first kappa shape index (κ1) is 15.8. The fourth-order valence-corrected chi connectivity index (χ4v) is 3.41. The Morgan fingerprint density at radius 3 is 2.55 bits per heavy atom. The van der Waals surface area contributed by atoms with Gasteiger partial charge in [0.1, 0.15) is 0 Å². The molecule has 20 heavy (non-hydrogen) atoms. The number of nitrogens with two attached hydrogens (primary N) is 1. The van der Waals surface area contributed by atoms with Crippen molar-refractivity contribution in [1.82, 2.24) is 4.90 Å². The molecule has 116 valence electrons. The number of hydrogen-bond donors (Lipinski definition) is 1. The maximum Gasteiger partial charge on any atom is 0.224 e. The van der Waals surface area contributed by atoms with Gasteiger partial charge in [-0.3, -0.25) is 4.79 Å². The molecule has 0 aromatic carbocycles. The fraction of sp³-hybridized carbons (Fsp3) is 0.938. The van der Waals surface area contributed by atoms with Crippen LogP contribution in [0.5, 0.6) is 0 Å². The molecule has 0 radical (unpaired) electrons. The smallest absolute Gasteiger partial charge is 0.224 e. The average Bonchev–Trinajstić information content (AvgIpc) is 3.23. The second-order valence-corrected chi connectivity index (χ2v) is 6.76. The highest BCUT2D eigenvalue weighted by Crippen LogP contribution is 2.36. The van der Waals surface area contributed by atoms with Gasteiger partial charge in [-0.05, 0) is 38.5 Å². The zero-order valence-electron chi connectivity index (χ0n) is 13.1. The van der Waals surface area contributed by atoms with Gasteiger partial charge in [0, 0.05) is 31.7 Å². The van der Waals surface area contributed by atoms with Gasteiger partial charge in [0.2, 0.25) is 5.91 Å². The molecule has 2 N–H and O–H groups in total. The van der Waals surface area contributed by atoms with Crippen molar-refractivity contribution < 1.29 is 9.53 Å². The van der Waals surface area contributed by atoms with E-state index in [-0.39, 0.29) is 11.4 Å². The van der Waals surface area contributed by atoms with Crippen LogP contribution in [-0.2, 0) is 9.53 Å². The lowest BCUT2D eigenvalue weighted by Gasteiger charge is -2.36. The summed E-state index contributed by atoms with van der Waals surface area (Å²) in [5, 5.41) is 0. The van der Waals surface area contributed by atoms with E-state index in [0.29, 0.717) is 31.5 Å². The summed E-state index contributed by atoms with van der Waals surface area (Å²) in [6.45, 7) is 3.48. The van der Waals surface area contributed by atoms with Crippen molar-refractivity contribution in [3.63, 3.8) is 0 Å². The summed E-state index contributed by atoms with van der Waals surface area (Å²) < 4.78 is 5.16. The highest BCUT2D eigenvalue weighted by molar-refractivity contribution is 5.78. The first-order valence-electron chi connectivity index (χ1n) is 8.13. The van der Waals surface area contributed by atoms with Gasteiger partial charge in [-0.15, -0.1) is 0 Å². The van der Waals surface area contributed by atoms with Crippen LogP contribution in [0, 0.1) is 5.92 Å². The van der Waals surface area contributed by atoms with E-state index in [1.54, 1.807) is 7.11 Å². The van der Waals surface area contributed by atoms with Crippen molar-refractivity contribution in [3.8, 4) is 0 Å². The number of carbonyl (C=O) groups excluding carboxylic acids is 1.